The zero-order chi connectivity index (χ0) is 20.8. The molecule has 31 heavy (non-hydrogen) atoms. The highest BCUT2D eigenvalue weighted by Gasteiger charge is 2.27. The summed E-state index contributed by atoms with van der Waals surface area (Å²) in [7, 11) is 1.83. The number of benzene rings is 1. The molecule has 2 fully saturated rings. The molecule has 1 aliphatic carbocycles. The second-order valence-corrected chi connectivity index (χ2v) is 8.92. The molecule has 1 aromatic carbocycles. The van der Waals surface area contributed by atoms with Gasteiger partial charge in [-0.25, -0.2) is 0 Å². The summed E-state index contributed by atoms with van der Waals surface area (Å²) in [6.07, 6.45) is 10.3. The molecule has 7 heteroatoms. The summed E-state index contributed by atoms with van der Waals surface area (Å²) in [6, 6.07) is 9.58. The van der Waals surface area contributed by atoms with Crippen LogP contribution in [-0.4, -0.2) is 62.1 Å². The standard InChI is InChI=1S/C24H37N5O.HI/c1-25-24(27-20-13-16-28(17-14-20)21-8-3-4-9-21)26-15-6-11-23(30)29-18-12-19-7-2-5-10-22(19)29;/h2,5,7,10,20-21H,3-4,6,8-9,11-18H2,1H3,(H2,25,26,27);1H. The van der Waals surface area contributed by atoms with Gasteiger partial charge in [0.2, 0.25) is 5.91 Å². The van der Waals surface area contributed by atoms with Crippen molar-refractivity contribution in [3.05, 3.63) is 29.8 Å². The third-order valence-corrected chi connectivity index (χ3v) is 6.98. The van der Waals surface area contributed by atoms with E-state index in [1.807, 2.05) is 24.1 Å². The molecule has 1 saturated heterocycles. The highest BCUT2D eigenvalue weighted by Crippen LogP contribution is 2.28. The molecular weight excluding hydrogens is 501 g/mol. The van der Waals surface area contributed by atoms with Crippen molar-refractivity contribution >= 4 is 41.5 Å². The van der Waals surface area contributed by atoms with Crippen molar-refractivity contribution in [1.82, 2.24) is 15.5 Å². The number of aliphatic imine (C=N–C) groups is 1. The van der Waals surface area contributed by atoms with Gasteiger partial charge in [0.05, 0.1) is 0 Å². The Hall–Kier alpha value is -1.35. The Bertz CT molecular complexity index is 741. The summed E-state index contributed by atoms with van der Waals surface area (Å²) < 4.78 is 0. The monoisotopic (exact) mass is 539 g/mol. The minimum Gasteiger partial charge on any atom is -0.356 e. The number of halogens is 1. The van der Waals surface area contributed by atoms with Crippen molar-refractivity contribution in [3.8, 4) is 0 Å². The van der Waals surface area contributed by atoms with Gasteiger partial charge in [-0.3, -0.25) is 9.79 Å². The molecular formula is C24H38IN5O. The molecule has 0 radical (unpaired) electrons. The highest BCUT2D eigenvalue weighted by molar-refractivity contribution is 14.0. The van der Waals surface area contributed by atoms with E-state index in [2.05, 4.69) is 32.7 Å². The van der Waals surface area contributed by atoms with Gasteiger partial charge in [-0.15, -0.1) is 24.0 Å². The lowest BCUT2D eigenvalue weighted by atomic mass is 10.0. The number of rotatable bonds is 6. The van der Waals surface area contributed by atoms with E-state index in [0.717, 1.165) is 43.6 Å². The maximum absolute atomic E-state index is 12.6. The zero-order valence-corrected chi connectivity index (χ0v) is 21.1. The summed E-state index contributed by atoms with van der Waals surface area (Å²) in [5, 5.41) is 6.99. The van der Waals surface area contributed by atoms with Crippen LogP contribution < -0.4 is 15.5 Å². The van der Waals surface area contributed by atoms with Crippen LogP contribution in [0.2, 0.25) is 0 Å². The van der Waals surface area contributed by atoms with E-state index in [9.17, 15) is 4.79 Å². The normalized spacial score (nSPS) is 20.4. The average Bonchev–Trinajstić information content (AvgIpc) is 3.46. The number of carbonyl (C=O) groups is 1. The van der Waals surface area contributed by atoms with E-state index in [0.29, 0.717) is 12.5 Å². The first-order chi connectivity index (χ1) is 14.7. The van der Waals surface area contributed by atoms with Crippen molar-refractivity contribution in [2.24, 2.45) is 4.99 Å². The van der Waals surface area contributed by atoms with Crippen LogP contribution in [0.4, 0.5) is 5.69 Å². The predicted octanol–water partition coefficient (Wildman–Crippen LogP) is 3.55. The molecule has 1 saturated carbocycles. The SMILES string of the molecule is CN=C(NCCCC(=O)N1CCc2ccccc21)NC1CCN(C2CCCC2)CC1.I. The fraction of sp³-hybridized carbons (Fsp3) is 0.667. The Balaban J connectivity index is 0.00000272. The highest BCUT2D eigenvalue weighted by atomic mass is 127. The molecule has 0 spiro atoms. The number of nitrogens with zero attached hydrogens (tertiary/aromatic N) is 3. The number of amides is 1. The Labute approximate surface area is 204 Å². The smallest absolute Gasteiger partial charge is 0.227 e. The zero-order valence-electron chi connectivity index (χ0n) is 18.8. The third kappa shape index (κ3) is 6.34. The van der Waals surface area contributed by atoms with E-state index < -0.39 is 0 Å². The average molecular weight is 540 g/mol. The first-order valence-electron chi connectivity index (χ1n) is 11.8. The number of carbonyl (C=O) groups excluding carboxylic acids is 1. The second kappa shape index (κ2) is 12.0. The van der Waals surface area contributed by atoms with Gasteiger partial charge in [0.15, 0.2) is 5.96 Å². The van der Waals surface area contributed by atoms with Crippen LogP contribution in [0, 0.1) is 0 Å². The van der Waals surface area contributed by atoms with Gasteiger partial charge in [0.25, 0.3) is 0 Å². The van der Waals surface area contributed by atoms with Crippen LogP contribution in [0.1, 0.15) is 56.9 Å². The molecule has 172 valence electrons. The Morgan fingerprint density at radius 3 is 2.58 bits per heavy atom. The van der Waals surface area contributed by atoms with Gasteiger partial charge in [-0.2, -0.15) is 0 Å². The summed E-state index contributed by atoms with van der Waals surface area (Å²) in [4.78, 5) is 21.7. The largest absolute Gasteiger partial charge is 0.356 e. The van der Waals surface area contributed by atoms with E-state index in [-0.39, 0.29) is 29.9 Å². The molecule has 2 heterocycles. The molecule has 0 bridgehead atoms. The van der Waals surface area contributed by atoms with Gasteiger partial charge in [0, 0.05) is 57.4 Å². The maximum atomic E-state index is 12.6. The number of anilines is 1. The number of piperidine rings is 1. The molecule has 2 N–H and O–H groups in total. The summed E-state index contributed by atoms with van der Waals surface area (Å²) in [6.45, 7) is 3.98. The van der Waals surface area contributed by atoms with Gasteiger partial charge in [-0.05, 0) is 50.2 Å². The van der Waals surface area contributed by atoms with Crippen LogP contribution in [0.15, 0.2) is 29.3 Å². The van der Waals surface area contributed by atoms with E-state index in [1.54, 1.807) is 0 Å². The first-order valence-corrected chi connectivity index (χ1v) is 11.8. The number of guanidine groups is 1. The van der Waals surface area contributed by atoms with Crippen molar-refractivity contribution in [3.63, 3.8) is 0 Å². The molecule has 3 aliphatic rings. The first kappa shape index (κ1) is 24.3. The number of hydrogen-bond acceptors (Lipinski definition) is 3. The minimum atomic E-state index is 0. The molecule has 0 atom stereocenters. The van der Waals surface area contributed by atoms with Crippen LogP contribution >= 0.6 is 24.0 Å². The van der Waals surface area contributed by atoms with Gasteiger partial charge in [0.1, 0.15) is 0 Å². The van der Waals surface area contributed by atoms with Crippen LogP contribution in [0.25, 0.3) is 0 Å². The molecule has 0 aromatic heterocycles. The van der Waals surface area contributed by atoms with Crippen LogP contribution in [0.5, 0.6) is 0 Å². The summed E-state index contributed by atoms with van der Waals surface area (Å²) in [5.41, 5.74) is 2.38. The topological polar surface area (TPSA) is 60.0 Å². The molecule has 0 unspecified atom stereocenters. The maximum Gasteiger partial charge on any atom is 0.227 e. The molecule has 6 nitrogen and oxygen atoms in total. The van der Waals surface area contributed by atoms with Gasteiger partial charge >= 0.3 is 0 Å². The van der Waals surface area contributed by atoms with Crippen molar-refractivity contribution in [1.29, 1.82) is 0 Å². The quantitative estimate of drug-likeness (QED) is 0.251. The second-order valence-electron chi connectivity index (χ2n) is 8.92. The lowest BCUT2D eigenvalue weighted by Crippen LogP contribution is -2.50. The van der Waals surface area contributed by atoms with Crippen LogP contribution in [-0.2, 0) is 11.2 Å². The van der Waals surface area contributed by atoms with Crippen molar-refractivity contribution in [2.75, 3.05) is 38.1 Å². The summed E-state index contributed by atoms with van der Waals surface area (Å²) in [5.74, 6) is 1.09. The molecule has 4 rings (SSSR count). The molecule has 1 amide bonds. The third-order valence-electron chi connectivity index (χ3n) is 6.98. The van der Waals surface area contributed by atoms with Crippen molar-refractivity contribution in [2.45, 2.75) is 69.9 Å². The fourth-order valence-electron chi connectivity index (χ4n) is 5.25. The van der Waals surface area contributed by atoms with E-state index in [1.165, 1.54) is 57.2 Å². The van der Waals surface area contributed by atoms with Crippen molar-refractivity contribution < 1.29 is 4.79 Å². The van der Waals surface area contributed by atoms with Crippen LogP contribution in [0.3, 0.4) is 0 Å². The molecule has 2 aliphatic heterocycles. The number of likely N-dealkylation sites (tertiary alicyclic amines) is 1. The van der Waals surface area contributed by atoms with E-state index in [4.69, 9.17) is 0 Å². The Kier molecular flexibility index (Phi) is 9.44. The number of para-hydroxylation sites is 1. The molecule has 1 aromatic rings. The summed E-state index contributed by atoms with van der Waals surface area (Å²) >= 11 is 0. The van der Waals surface area contributed by atoms with E-state index >= 15 is 0 Å². The lowest BCUT2D eigenvalue weighted by Gasteiger charge is -2.36. The van der Waals surface area contributed by atoms with Gasteiger partial charge in [-0.1, -0.05) is 31.0 Å². The lowest BCUT2D eigenvalue weighted by molar-refractivity contribution is -0.118. The number of hydrogen-bond donors (Lipinski definition) is 2. The fourth-order valence-corrected chi connectivity index (χ4v) is 5.25. The predicted molar refractivity (Wildman–Crippen MR) is 138 cm³/mol. The number of nitrogens with one attached hydrogen (secondary N) is 2. The minimum absolute atomic E-state index is 0. The van der Waals surface area contributed by atoms with Gasteiger partial charge < -0.3 is 20.4 Å². The number of fused-ring (bicyclic) bond motifs is 1. The Morgan fingerprint density at radius 2 is 1.84 bits per heavy atom. The Morgan fingerprint density at radius 1 is 1.10 bits per heavy atom.